The van der Waals surface area contributed by atoms with Crippen LogP contribution in [0.3, 0.4) is 0 Å². The van der Waals surface area contributed by atoms with Crippen LogP contribution in [0.2, 0.25) is 0 Å². The van der Waals surface area contributed by atoms with Gasteiger partial charge in [0.2, 0.25) is 0 Å². The third-order valence-corrected chi connectivity index (χ3v) is 2.03. The summed E-state index contributed by atoms with van der Waals surface area (Å²) in [6.07, 6.45) is 1.90. The molecule has 0 spiro atoms. The number of rotatable bonds is 0. The van der Waals surface area contributed by atoms with E-state index < -0.39 is 0 Å². The summed E-state index contributed by atoms with van der Waals surface area (Å²) >= 11 is 5.40. The first kappa shape index (κ1) is 6.38. The molecule has 0 aromatic rings. The second-order valence-electron chi connectivity index (χ2n) is 1.05. The topological polar surface area (TPSA) is 24.4 Å². The van der Waals surface area contributed by atoms with Gasteiger partial charge in [0.1, 0.15) is 5.04 Å². The molecule has 0 radical (unpaired) electrons. The Morgan fingerprint density at radius 3 is 3.12 bits per heavy atom. The van der Waals surface area contributed by atoms with Crippen molar-refractivity contribution in [3.8, 4) is 0 Å². The summed E-state index contributed by atoms with van der Waals surface area (Å²) in [7, 11) is 1.33. The summed E-state index contributed by atoms with van der Waals surface area (Å²) < 4.78 is 0. The molecule has 1 heterocycles. The fourth-order valence-corrected chi connectivity index (χ4v) is 1.36. The molecule has 0 amide bonds. The standard InChI is InChI=1S/C3H4N2S3/c6-8-3-1-2-7-5-4-3/h1-2,5-6H. The molecule has 0 atom stereocenters. The van der Waals surface area contributed by atoms with Crippen LogP contribution in [0.5, 0.6) is 0 Å². The molecule has 0 fully saturated rings. The fourth-order valence-electron chi connectivity index (χ4n) is 0.282. The molecule has 1 aliphatic heterocycles. The fraction of sp³-hybridized carbons (Fsp3) is 0. The molecule has 1 aliphatic rings. The SMILES string of the molecule is SSC1=NNSC=C1. The van der Waals surface area contributed by atoms with Crippen molar-refractivity contribution in [2.75, 3.05) is 0 Å². The summed E-state index contributed by atoms with van der Waals surface area (Å²) in [6.45, 7) is 0. The molecule has 1 rings (SSSR count). The van der Waals surface area contributed by atoms with Crippen LogP contribution in [0.25, 0.3) is 0 Å². The molecule has 44 valence electrons. The Hall–Kier alpha value is 0.260. The number of hydrogen-bond acceptors (Lipinski definition) is 5. The van der Waals surface area contributed by atoms with E-state index in [0.29, 0.717) is 0 Å². The van der Waals surface area contributed by atoms with Crippen LogP contribution in [-0.2, 0) is 0 Å². The second-order valence-corrected chi connectivity index (χ2v) is 2.89. The summed E-state index contributed by atoms with van der Waals surface area (Å²) in [5.41, 5.74) is 0. The van der Waals surface area contributed by atoms with E-state index in [9.17, 15) is 0 Å². The van der Waals surface area contributed by atoms with Crippen molar-refractivity contribution < 1.29 is 0 Å². The van der Waals surface area contributed by atoms with Gasteiger partial charge in [0.05, 0.1) is 0 Å². The summed E-state index contributed by atoms with van der Waals surface area (Å²) in [6, 6.07) is 0. The van der Waals surface area contributed by atoms with Gasteiger partial charge in [-0.2, -0.15) is 5.10 Å². The molecule has 8 heavy (non-hydrogen) atoms. The van der Waals surface area contributed by atoms with E-state index in [1.165, 1.54) is 22.7 Å². The minimum absolute atomic E-state index is 0.895. The number of hydrogen-bond donors (Lipinski definition) is 2. The van der Waals surface area contributed by atoms with Gasteiger partial charge in [0.25, 0.3) is 0 Å². The Balaban J connectivity index is 2.51. The van der Waals surface area contributed by atoms with Crippen molar-refractivity contribution in [3.63, 3.8) is 0 Å². The number of nitrogens with zero attached hydrogens (tertiary/aromatic N) is 1. The lowest BCUT2D eigenvalue weighted by atomic mass is 10.7. The normalized spacial score (nSPS) is 17.4. The van der Waals surface area contributed by atoms with Crippen molar-refractivity contribution in [3.05, 3.63) is 11.5 Å². The van der Waals surface area contributed by atoms with Gasteiger partial charge in [-0.1, -0.05) is 0 Å². The lowest BCUT2D eigenvalue weighted by molar-refractivity contribution is 1.13. The van der Waals surface area contributed by atoms with E-state index in [-0.39, 0.29) is 0 Å². The maximum Gasteiger partial charge on any atom is 0.128 e. The Morgan fingerprint density at radius 1 is 1.88 bits per heavy atom. The van der Waals surface area contributed by atoms with Crippen LogP contribution in [0, 0.1) is 0 Å². The monoisotopic (exact) mass is 164 g/mol. The first-order valence-electron chi connectivity index (χ1n) is 1.90. The zero-order chi connectivity index (χ0) is 5.82. The minimum Gasteiger partial charge on any atom is -0.247 e. The molecule has 5 heteroatoms. The molecule has 2 nitrogen and oxygen atoms in total. The zero-order valence-corrected chi connectivity index (χ0v) is 6.39. The number of hydrazone groups is 1. The molecule has 0 aliphatic carbocycles. The maximum atomic E-state index is 3.95. The molecule has 1 N–H and O–H groups in total. The van der Waals surface area contributed by atoms with E-state index in [1.807, 2.05) is 11.5 Å². The predicted octanol–water partition coefficient (Wildman–Crippen LogP) is 1.64. The summed E-state index contributed by atoms with van der Waals surface area (Å²) in [4.78, 5) is 2.73. The quantitative estimate of drug-likeness (QED) is 0.323. The second kappa shape index (κ2) is 3.32. The average Bonchev–Trinajstić information content (AvgIpc) is 1.90. The van der Waals surface area contributed by atoms with Gasteiger partial charge in [-0.15, -0.1) is 11.7 Å². The van der Waals surface area contributed by atoms with Gasteiger partial charge >= 0.3 is 0 Å². The third-order valence-electron chi connectivity index (χ3n) is 0.581. The Kier molecular flexibility index (Phi) is 2.65. The zero-order valence-electron chi connectivity index (χ0n) is 3.87. The first-order valence-corrected chi connectivity index (χ1v) is 4.64. The van der Waals surface area contributed by atoms with Gasteiger partial charge in [0.15, 0.2) is 0 Å². The lowest BCUT2D eigenvalue weighted by Crippen LogP contribution is -1.98. The highest BCUT2D eigenvalue weighted by Gasteiger charge is 1.94. The maximum absolute atomic E-state index is 3.95. The van der Waals surface area contributed by atoms with Crippen molar-refractivity contribution >= 4 is 39.4 Å². The molecular weight excluding hydrogens is 160 g/mol. The summed E-state index contributed by atoms with van der Waals surface area (Å²) in [5, 5.41) is 6.69. The van der Waals surface area contributed by atoms with Gasteiger partial charge in [-0.05, 0) is 34.2 Å². The van der Waals surface area contributed by atoms with Crippen LogP contribution in [0.1, 0.15) is 0 Å². The third kappa shape index (κ3) is 1.65. The van der Waals surface area contributed by atoms with E-state index >= 15 is 0 Å². The van der Waals surface area contributed by atoms with Gasteiger partial charge < -0.3 is 0 Å². The van der Waals surface area contributed by atoms with Crippen molar-refractivity contribution in [1.29, 1.82) is 0 Å². The van der Waals surface area contributed by atoms with Crippen LogP contribution in [0.4, 0.5) is 0 Å². The van der Waals surface area contributed by atoms with E-state index in [2.05, 4.69) is 21.6 Å². The lowest BCUT2D eigenvalue weighted by Gasteiger charge is -2.00. The van der Waals surface area contributed by atoms with Crippen LogP contribution >= 0.6 is 34.4 Å². The molecule has 0 aromatic carbocycles. The predicted molar refractivity (Wildman–Crippen MR) is 43.9 cm³/mol. The average molecular weight is 164 g/mol. The number of nitrogens with one attached hydrogen (secondary N) is 1. The van der Waals surface area contributed by atoms with Gasteiger partial charge in [-0.3, -0.25) is 0 Å². The van der Waals surface area contributed by atoms with E-state index in [4.69, 9.17) is 0 Å². The number of thiol groups is 1. The molecular formula is C3H4N2S3. The first-order chi connectivity index (χ1) is 3.93. The smallest absolute Gasteiger partial charge is 0.128 e. The van der Waals surface area contributed by atoms with Crippen LogP contribution in [0.15, 0.2) is 16.6 Å². The van der Waals surface area contributed by atoms with Gasteiger partial charge in [-0.25, -0.2) is 4.83 Å². The highest BCUT2D eigenvalue weighted by molar-refractivity contribution is 8.75. The van der Waals surface area contributed by atoms with Crippen molar-refractivity contribution in [1.82, 2.24) is 4.83 Å². The largest absolute Gasteiger partial charge is 0.247 e. The molecule has 0 saturated heterocycles. The Morgan fingerprint density at radius 2 is 2.75 bits per heavy atom. The van der Waals surface area contributed by atoms with E-state index in [0.717, 1.165) is 5.04 Å². The highest BCUT2D eigenvalue weighted by atomic mass is 33.1. The van der Waals surface area contributed by atoms with Crippen molar-refractivity contribution in [2.45, 2.75) is 0 Å². The van der Waals surface area contributed by atoms with Crippen LogP contribution < -0.4 is 4.83 Å². The summed E-state index contributed by atoms with van der Waals surface area (Å²) in [5.74, 6) is 0. The van der Waals surface area contributed by atoms with Gasteiger partial charge in [0, 0.05) is 0 Å². The minimum atomic E-state index is 0.895. The van der Waals surface area contributed by atoms with Crippen LogP contribution in [-0.4, -0.2) is 5.04 Å². The molecule has 0 saturated carbocycles. The van der Waals surface area contributed by atoms with Crippen molar-refractivity contribution in [2.24, 2.45) is 5.10 Å². The molecule has 0 aromatic heterocycles. The Bertz CT molecular complexity index is 130. The highest BCUT2D eigenvalue weighted by Crippen LogP contribution is 2.14. The molecule has 0 unspecified atom stereocenters. The van der Waals surface area contributed by atoms with E-state index in [1.54, 1.807) is 0 Å². The molecule has 0 bridgehead atoms. The Labute approximate surface area is 61.1 Å².